The molecule has 0 radical (unpaired) electrons. The lowest BCUT2D eigenvalue weighted by molar-refractivity contribution is 0.133. The molecule has 0 amide bonds. The maximum Gasteiger partial charge on any atom is 0.0888 e. The first-order valence-electron chi connectivity index (χ1n) is 6.48. The van der Waals surface area contributed by atoms with Crippen molar-refractivity contribution in [2.75, 3.05) is 0 Å². The third-order valence-corrected chi connectivity index (χ3v) is 4.12. The van der Waals surface area contributed by atoms with Gasteiger partial charge >= 0.3 is 0 Å². The molecule has 1 aliphatic carbocycles. The van der Waals surface area contributed by atoms with E-state index >= 15 is 0 Å². The van der Waals surface area contributed by atoms with Gasteiger partial charge in [0, 0.05) is 40.2 Å². The highest BCUT2D eigenvalue weighted by atomic mass is 79.9. The number of hydrogen-bond donors (Lipinski definition) is 1. The highest BCUT2D eigenvalue weighted by Crippen LogP contribution is 2.39. The first kappa shape index (κ1) is 12.8. The van der Waals surface area contributed by atoms with Gasteiger partial charge in [0.15, 0.2) is 0 Å². The largest absolute Gasteiger partial charge is 0.388 e. The number of rotatable bonds is 2. The summed E-state index contributed by atoms with van der Waals surface area (Å²) in [6.07, 6.45) is 7.85. The third-order valence-electron chi connectivity index (χ3n) is 3.69. The molecule has 0 spiro atoms. The number of aliphatic hydroxyl groups is 1. The van der Waals surface area contributed by atoms with Gasteiger partial charge in [0.2, 0.25) is 0 Å². The Morgan fingerprint density at radius 1 is 1.37 bits per heavy atom. The van der Waals surface area contributed by atoms with E-state index in [2.05, 4.69) is 32.0 Å². The number of aromatic nitrogens is 2. The Morgan fingerprint density at radius 2 is 2.26 bits per heavy atom. The summed E-state index contributed by atoms with van der Waals surface area (Å²) >= 11 is 3.40. The lowest BCUT2D eigenvalue weighted by Crippen LogP contribution is -2.18. The smallest absolute Gasteiger partial charge is 0.0888 e. The van der Waals surface area contributed by atoms with E-state index in [4.69, 9.17) is 0 Å². The summed E-state index contributed by atoms with van der Waals surface area (Å²) in [5.41, 5.74) is 3.15. The number of fused-ring (bicyclic) bond motifs is 1. The summed E-state index contributed by atoms with van der Waals surface area (Å²) in [6, 6.07) is 6.00. The molecule has 0 saturated carbocycles. The zero-order valence-electron chi connectivity index (χ0n) is 10.5. The van der Waals surface area contributed by atoms with Gasteiger partial charge in [0.25, 0.3) is 0 Å². The van der Waals surface area contributed by atoms with E-state index < -0.39 is 6.10 Å². The Labute approximate surface area is 120 Å². The molecule has 2 aromatic heterocycles. The number of aryl methyl sites for hydroxylation is 1. The maximum absolute atomic E-state index is 10.6. The molecule has 0 aromatic carbocycles. The number of aliphatic hydroxyl groups excluding tert-OH is 1. The Morgan fingerprint density at radius 3 is 3.11 bits per heavy atom. The van der Waals surface area contributed by atoms with Crippen molar-refractivity contribution < 1.29 is 5.11 Å². The molecule has 2 aromatic rings. The molecule has 98 valence electrons. The number of halogens is 1. The van der Waals surface area contributed by atoms with Crippen molar-refractivity contribution in [1.82, 2.24) is 9.97 Å². The van der Waals surface area contributed by atoms with Crippen LogP contribution >= 0.6 is 15.9 Å². The van der Waals surface area contributed by atoms with Gasteiger partial charge in [-0.05, 0) is 52.9 Å². The van der Waals surface area contributed by atoms with E-state index in [0.29, 0.717) is 0 Å². The van der Waals surface area contributed by atoms with Crippen LogP contribution in [0.25, 0.3) is 0 Å². The molecule has 1 N–H and O–H groups in total. The van der Waals surface area contributed by atoms with Crippen molar-refractivity contribution >= 4 is 15.9 Å². The molecule has 3 nitrogen and oxygen atoms in total. The van der Waals surface area contributed by atoms with Crippen LogP contribution in [0.15, 0.2) is 41.3 Å². The molecule has 4 heteroatoms. The van der Waals surface area contributed by atoms with Gasteiger partial charge < -0.3 is 5.11 Å². The van der Waals surface area contributed by atoms with Crippen LogP contribution in [-0.4, -0.2) is 15.1 Å². The van der Waals surface area contributed by atoms with E-state index in [0.717, 1.165) is 35.0 Å². The predicted octanol–water partition coefficient (Wildman–Crippen LogP) is 3.39. The summed E-state index contributed by atoms with van der Waals surface area (Å²) < 4.78 is 0.890. The Balaban J connectivity index is 1.95. The fourth-order valence-electron chi connectivity index (χ4n) is 2.77. The SMILES string of the molecule is OC(c1cncc(Br)c1)C1CCCc2cccnc21. The lowest BCUT2D eigenvalue weighted by atomic mass is 9.81. The van der Waals surface area contributed by atoms with Gasteiger partial charge in [-0.2, -0.15) is 0 Å². The molecule has 3 rings (SSSR count). The first-order valence-corrected chi connectivity index (χ1v) is 7.27. The van der Waals surface area contributed by atoms with Crippen LogP contribution < -0.4 is 0 Å². The van der Waals surface area contributed by atoms with E-state index in [1.54, 1.807) is 12.4 Å². The van der Waals surface area contributed by atoms with Crippen molar-refractivity contribution in [3.8, 4) is 0 Å². The van der Waals surface area contributed by atoms with Gasteiger partial charge in [-0.25, -0.2) is 0 Å². The molecular weight excluding hydrogens is 304 g/mol. The quantitative estimate of drug-likeness (QED) is 0.923. The highest BCUT2D eigenvalue weighted by Gasteiger charge is 2.28. The van der Waals surface area contributed by atoms with Crippen molar-refractivity contribution in [2.45, 2.75) is 31.3 Å². The number of pyridine rings is 2. The topological polar surface area (TPSA) is 46.0 Å². The molecule has 2 atom stereocenters. The number of hydrogen-bond acceptors (Lipinski definition) is 3. The zero-order valence-corrected chi connectivity index (χ0v) is 12.0. The summed E-state index contributed by atoms with van der Waals surface area (Å²) in [5.74, 6) is 0.0704. The minimum Gasteiger partial charge on any atom is -0.388 e. The van der Waals surface area contributed by atoms with Crippen LogP contribution in [0.4, 0.5) is 0 Å². The summed E-state index contributed by atoms with van der Waals surface area (Å²) in [7, 11) is 0. The molecule has 2 unspecified atom stereocenters. The monoisotopic (exact) mass is 318 g/mol. The normalized spacial score (nSPS) is 19.8. The van der Waals surface area contributed by atoms with Gasteiger partial charge in [-0.1, -0.05) is 6.07 Å². The average molecular weight is 319 g/mol. The van der Waals surface area contributed by atoms with Crippen LogP contribution in [0, 0.1) is 0 Å². The molecule has 0 fully saturated rings. The van der Waals surface area contributed by atoms with E-state index in [1.807, 2.05) is 18.3 Å². The van der Waals surface area contributed by atoms with Crippen LogP contribution in [0.3, 0.4) is 0 Å². The van der Waals surface area contributed by atoms with Crippen molar-refractivity contribution in [3.05, 3.63) is 58.1 Å². The minimum absolute atomic E-state index is 0.0704. The Kier molecular flexibility index (Phi) is 3.62. The standard InChI is InChI=1S/C15H15BrN2O/c16-12-7-11(8-17-9-12)15(19)13-5-1-3-10-4-2-6-18-14(10)13/h2,4,6-9,13,15,19H,1,3,5H2. The first-order chi connectivity index (χ1) is 9.25. The second kappa shape index (κ2) is 5.39. The van der Waals surface area contributed by atoms with Gasteiger partial charge in [-0.15, -0.1) is 0 Å². The molecule has 0 saturated heterocycles. The Hall–Kier alpha value is -1.26. The third kappa shape index (κ3) is 2.55. The fraction of sp³-hybridized carbons (Fsp3) is 0.333. The molecular formula is C15H15BrN2O. The second-order valence-corrected chi connectivity index (χ2v) is 5.84. The summed E-state index contributed by atoms with van der Waals surface area (Å²) in [5, 5.41) is 10.6. The van der Waals surface area contributed by atoms with Crippen molar-refractivity contribution in [1.29, 1.82) is 0 Å². The molecule has 2 heterocycles. The zero-order chi connectivity index (χ0) is 13.2. The van der Waals surface area contributed by atoms with Gasteiger partial charge in [0.1, 0.15) is 0 Å². The van der Waals surface area contributed by atoms with E-state index in [1.165, 1.54) is 5.56 Å². The van der Waals surface area contributed by atoms with Crippen molar-refractivity contribution in [2.24, 2.45) is 0 Å². The lowest BCUT2D eigenvalue weighted by Gasteiger charge is -2.28. The van der Waals surface area contributed by atoms with Crippen LogP contribution in [0.5, 0.6) is 0 Å². The summed E-state index contributed by atoms with van der Waals surface area (Å²) in [4.78, 5) is 8.61. The van der Waals surface area contributed by atoms with Crippen LogP contribution in [0.1, 0.15) is 41.7 Å². The second-order valence-electron chi connectivity index (χ2n) is 4.93. The Bertz CT molecular complexity index is 588. The van der Waals surface area contributed by atoms with Gasteiger partial charge in [0.05, 0.1) is 6.10 Å². The highest BCUT2D eigenvalue weighted by molar-refractivity contribution is 9.10. The average Bonchev–Trinajstić information content (AvgIpc) is 2.46. The van der Waals surface area contributed by atoms with Crippen LogP contribution in [-0.2, 0) is 6.42 Å². The predicted molar refractivity (Wildman–Crippen MR) is 76.8 cm³/mol. The fourth-order valence-corrected chi connectivity index (χ4v) is 3.16. The van der Waals surface area contributed by atoms with E-state index in [-0.39, 0.29) is 5.92 Å². The molecule has 0 bridgehead atoms. The van der Waals surface area contributed by atoms with Gasteiger partial charge in [-0.3, -0.25) is 9.97 Å². The molecule has 1 aliphatic rings. The maximum atomic E-state index is 10.6. The molecule has 0 aliphatic heterocycles. The van der Waals surface area contributed by atoms with E-state index in [9.17, 15) is 5.11 Å². The van der Waals surface area contributed by atoms with Crippen LogP contribution in [0.2, 0.25) is 0 Å². The summed E-state index contributed by atoms with van der Waals surface area (Å²) in [6.45, 7) is 0. The van der Waals surface area contributed by atoms with Crippen molar-refractivity contribution in [3.63, 3.8) is 0 Å². The number of nitrogens with zero attached hydrogens (tertiary/aromatic N) is 2. The molecule has 19 heavy (non-hydrogen) atoms. The minimum atomic E-state index is -0.543.